The highest BCUT2D eigenvalue weighted by Crippen LogP contribution is 2.13. The summed E-state index contributed by atoms with van der Waals surface area (Å²) in [6.07, 6.45) is 22.3. The van der Waals surface area contributed by atoms with E-state index >= 15 is 0 Å². The molecule has 0 unspecified atom stereocenters. The first kappa shape index (κ1) is 20.9. The van der Waals surface area contributed by atoms with Crippen molar-refractivity contribution >= 4 is 5.78 Å². The molecule has 0 bridgehead atoms. The molecule has 1 rings (SSSR count). The number of carbonyl (C=O) groups is 1. The number of pyridine rings is 1. The highest BCUT2D eigenvalue weighted by molar-refractivity contribution is 5.80. The summed E-state index contributed by atoms with van der Waals surface area (Å²) in [5.74, 6) is 0.353. The zero-order valence-electron chi connectivity index (χ0n) is 15.8. The lowest BCUT2D eigenvalue weighted by atomic mass is 10.0. The largest absolute Gasteiger partial charge is 0.299 e. The van der Waals surface area contributed by atoms with Crippen LogP contribution in [0.15, 0.2) is 24.5 Å². The van der Waals surface area contributed by atoms with Gasteiger partial charge in [0.05, 0.1) is 0 Å². The fraction of sp³-hybridized carbons (Fsp3) is 0.727. The van der Waals surface area contributed by atoms with Crippen molar-refractivity contribution in [2.24, 2.45) is 0 Å². The van der Waals surface area contributed by atoms with Gasteiger partial charge in [0.2, 0.25) is 0 Å². The van der Waals surface area contributed by atoms with Gasteiger partial charge in [-0.05, 0) is 18.1 Å². The summed E-state index contributed by atoms with van der Waals surface area (Å²) in [4.78, 5) is 15.9. The van der Waals surface area contributed by atoms with Gasteiger partial charge in [0.15, 0.2) is 0 Å². The van der Waals surface area contributed by atoms with E-state index in [1.54, 1.807) is 12.4 Å². The molecule has 0 saturated heterocycles. The minimum absolute atomic E-state index is 0.353. The number of rotatable bonds is 16. The van der Waals surface area contributed by atoms with Crippen LogP contribution in [0.1, 0.15) is 102 Å². The van der Waals surface area contributed by atoms with Crippen LogP contribution in [-0.2, 0) is 11.2 Å². The number of carbonyl (C=O) groups excluding carboxylic acids is 1. The van der Waals surface area contributed by atoms with Gasteiger partial charge in [0.25, 0.3) is 0 Å². The minimum atomic E-state index is 0.353. The van der Waals surface area contributed by atoms with E-state index in [-0.39, 0.29) is 0 Å². The summed E-state index contributed by atoms with van der Waals surface area (Å²) in [6, 6.07) is 3.88. The lowest BCUT2D eigenvalue weighted by Gasteiger charge is -2.03. The SMILES string of the molecule is CCCCCCCCCCCCCCCC(=O)Cc1cccnc1. The van der Waals surface area contributed by atoms with Crippen LogP contribution in [0.5, 0.6) is 0 Å². The fourth-order valence-corrected chi connectivity index (χ4v) is 3.16. The Balaban J connectivity index is 1.81. The molecule has 0 N–H and O–H groups in total. The standard InChI is InChI=1S/C22H37NO/c1-2-3-4-5-6-7-8-9-10-11-12-13-14-17-22(24)19-21-16-15-18-23-20-21/h15-16,18,20H,2-14,17,19H2,1H3. The summed E-state index contributed by atoms with van der Waals surface area (Å²) in [7, 11) is 0. The van der Waals surface area contributed by atoms with E-state index < -0.39 is 0 Å². The molecule has 136 valence electrons. The summed E-state index contributed by atoms with van der Waals surface area (Å²) in [5, 5.41) is 0. The third-order valence-electron chi connectivity index (χ3n) is 4.68. The van der Waals surface area contributed by atoms with Gasteiger partial charge in [-0.3, -0.25) is 9.78 Å². The molecule has 2 heteroatoms. The molecule has 0 aromatic carbocycles. The van der Waals surface area contributed by atoms with E-state index in [2.05, 4.69) is 11.9 Å². The average molecular weight is 332 g/mol. The van der Waals surface area contributed by atoms with Crippen LogP contribution in [0.25, 0.3) is 0 Å². The lowest BCUT2D eigenvalue weighted by molar-refractivity contribution is -0.118. The second kappa shape index (κ2) is 15.4. The maximum Gasteiger partial charge on any atom is 0.137 e. The van der Waals surface area contributed by atoms with Crippen molar-refractivity contribution in [1.29, 1.82) is 0 Å². The second-order valence-corrected chi connectivity index (χ2v) is 7.07. The van der Waals surface area contributed by atoms with E-state index in [0.29, 0.717) is 12.2 Å². The Bertz CT molecular complexity index is 402. The van der Waals surface area contributed by atoms with Crippen molar-refractivity contribution < 1.29 is 4.79 Å². The van der Waals surface area contributed by atoms with Crippen LogP contribution >= 0.6 is 0 Å². The van der Waals surface area contributed by atoms with Gasteiger partial charge in [-0.25, -0.2) is 0 Å². The molecule has 0 radical (unpaired) electrons. The first-order valence-corrected chi connectivity index (χ1v) is 10.2. The van der Waals surface area contributed by atoms with Gasteiger partial charge in [-0.2, -0.15) is 0 Å². The first-order valence-electron chi connectivity index (χ1n) is 10.2. The molecule has 0 aliphatic carbocycles. The summed E-state index contributed by atoms with van der Waals surface area (Å²) in [5.41, 5.74) is 1.04. The second-order valence-electron chi connectivity index (χ2n) is 7.07. The van der Waals surface area contributed by atoms with E-state index in [9.17, 15) is 4.79 Å². The average Bonchev–Trinajstić information content (AvgIpc) is 2.60. The van der Waals surface area contributed by atoms with Gasteiger partial charge < -0.3 is 0 Å². The van der Waals surface area contributed by atoms with Crippen LogP contribution < -0.4 is 0 Å². The molecule has 0 aliphatic heterocycles. The van der Waals surface area contributed by atoms with Crippen molar-refractivity contribution in [2.75, 3.05) is 0 Å². The maximum absolute atomic E-state index is 11.9. The number of hydrogen-bond acceptors (Lipinski definition) is 2. The van der Waals surface area contributed by atoms with E-state index in [1.807, 2.05) is 12.1 Å². The predicted molar refractivity (Wildman–Crippen MR) is 103 cm³/mol. The number of unbranched alkanes of at least 4 members (excludes halogenated alkanes) is 12. The van der Waals surface area contributed by atoms with Crippen molar-refractivity contribution in [1.82, 2.24) is 4.98 Å². The Morgan fingerprint density at radius 1 is 0.833 bits per heavy atom. The number of Topliss-reactive ketones (excluding diaryl/α,β-unsaturated/α-hetero) is 1. The van der Waals surface area contributed by atoms with Gasteiger partial charge in [0, 0.05) is 25.2 Å². The third-order valence-corrected chi connectivity index (χ3v) is 4.68. The molecular weight excluding hydrogens is 294 g/mol. The fourth-order valence-electron chi connectivity index (χ4n) is 3.16. The van der Waals surface area contributed by atoms with Crippen molar-refractivity contribution in [3.8, 4) is 0 Å². The lowest BCUT2D eigenvalue weighted by Crippen LogP contribution is -2.02. The van der Waals surface area contributed by atoms with Gasteiger partial charge in [-0.15, -0.1) is 0 Å². The smallest absolute Gasteiger partial charge is 0.137 e. The van der Waals surface area contributed by atoms with E-state index in [0.717, 1.165) is 18.4 Å². The van der Waals surface area contributed by atoms with Crippen LogP contribution in [0, 0.1) is 0 Å². The molecule has 0 spiro atoms. The Morgan fingerprint density at radius 2 is 1.38 bits per heavy atom. The summed E-state index contributed by atoms with van der Waals surface area (Å²) < 4.78 is 0. The molecule has 0 amide bonds. The molecule has 1 aromatic rings. The van der Waals surface area contributed by atoms with Crippen LogP contribution in [0.3, 0.4) is 0 Å². The third kappa shape index (κ3) is 12.3. The first-order chi connectivity index (χ1) is 11.8. The Morgan fingerprint density at radius 3 is 1.88 bits per heavy atom. The molecule has 2 nitrogen and oxygen atoms in total. The maximum atomic E-state index is 11.9. The van der Waals surface area contributed by atoms with Crippen LogP contribution in [0.4, 0.5) is 0 Å². The quantitative estimate of drug-likeness (QED) is 0.316. The van der Waals surface area contributed by atoms with Crippen LogP contribution in [-0.4, -0.2) is 10.8 Å². The number of aromatic nitrogens is 1. The van der Waals surface area contributed by atoms with Gasteiger partial charge in [-0.1, -0.05) is 90.0 Å². The van der Waals surface area contributed by atoms with E-state index in [1.165, 1.54) is 77.0 Å². The molecule has 1 heterocycles. The van der Waals surface area contributed by atoms with E-state index in [4.69, 9.17) is 0 Å². The minimum Gasteiger partial charge on any atom is -0.299 e. The number of nitrogens with zero attached hydrogens (tertiary/aromatic N) is 1. The predicted octanol–water partition coefficient (Wildman–Crippen LogP) is 6.67. The molecule has 0 fully saturated rings. The van der Waals surface area contributed by atoms with Crippen molar-refractivity contribution in [3.05, 3.63) is 30.1 Å². The topological polar surface area (TPSA) is 30.0 Å². The Labute approximate surface area is 149 Å². The zero-order chi connectivity index (χ0) is 17.3. The molecule has 0 aliphatic rings. The van der Waals surface area contributed by atoms with Crippen LogP contribution in [0.2, 0.25) is 0 Å². The zero-order valence-corrected chi connectivity index (χ0v) is 15.8. The molecule has 1 aromatic heterocycles. The monoisotopic (exact) mass is 331 g/mol. The molecular formula is C22H37NO. The summed E-state index contributed by atoms with van der Waals surface area (Å²) >= 11 is 0. The molecule has 24 heavy (non-hydrogen) atoms. The highest BCUT2D eigenvalue weighted by Gasteiger charge is 2.03. The van der Waals surface area contributed by atoms with Gasteiger partial charge in [0.1, 0.15) is 5.78 Å². The number of ketones is 1. The molecule has 0 atom stereocenters. The molecule has 0 saturated carbocycles. The normalized spacial score (nSPS) is 10.9. The Hall–Kier alpha value is -1.18. The van der Waals surface area contributed by atoms with Gasteiger partial charge >= 0.3 is 0 Å². The Kier molecular flexibility index (Phi) is 13.3. The van der Waals surface area contributed by atoms with Crippen molar-refractivity contribution in [3.63, 3.8) is 0 Å². The number of hydrogen-bond donors (Lipinski definition) is 0. The highest BCUT2D eigenvalue weighted by atomic mass is 16.1. The van der Waals surface area contributed by atoms with Crippen molar-refractivity contribution in [2.45, 2.75) is 103 Å². The summed E-state index contributed by atoms with van der Waals surface area (Å²) in [6.45, 7) is 2.27.